The van der Waals surface area contributed by atoms with Gasteiger partial charge in [-0.05, 0) is 167 Å². The zero-order valence-electron chi connectivity index (χ0n) is 60.7. The van der Waals surface area contributed by atoms with Crippen molar-refractivity contribution in [2.45, 2.75) is 264 Å². The summed E-state index contributed by atoms with van der Waals surface area (Å²) in [7, 11) is -4.42. The fourth-order valence-corrected chi connectivity index (χ4v) is 10.0. The molecular formula is C87H134NO8P. The molecule has 2 atom stereocenters. The summed E-state index contributed by atoms with van der Waals surface area (Å²) in [4.78, 5) is 35.4. The highest BCUT2D eigenvalue weighted by Gasteiger charge is 2.26. The minimum atomic E-state index is -4.42. The maximum absolute atomic E-state index is 12.8. The van der Waals surface area contributed by atoms with Crippen LogP contribution in [0, 0.1) is 0 Å². The Morgan fingerprint density at radius 1 is 0.309 bits per heavy atom. The lowest BCUT2D eigenvalue weighted by molar-refractivity contribution is -0.161. The van der Waals surface area contributed by atoms with Gasteiger partial charge in [0, 0.05) is 19.4 Å². The van der Waals surface area contributed by atoms with E-state index in [1.54, 1.807) is 0 Å². The molecule has 0 fully saturated rings. The lowest BCUT2D eigenvalue weighted by Crippen LogP contribution is -2.29. The third-order valence-electron chi connectivity index (χ3n) is 14.7. The van der Waals surface area contributed by atoms with Crippen molar-refractivity contribution in [3.05, 3.63) is 243 Å². The molecule has 540 valence electrons. The summed E-state index contributed by atoms with van der Waals surface area (Å²) in [6, 6.07) is 0. The Labute approximate surface area is 593 Å². The summed E-state index contributed by atoms with van der Waals surface area (Å²) < 4.78 is 33.2. The SMILES string of the molecule is CC/C=C\C/C=C\C/C=C\C/C=C\C/C=C\C/C=C\C/C=C\C/C=C\C/C=C\C/C=C\CCCCCCCCCCCCC(=O)OC(COC(=O)CCCCCC/C=C\C/C=C\C/C=C\C/C=C\C/C=C\C/C=C\C/C=C\C/C=C\C/C=C\C/C=C\CC)COP(=O)(O)OCCN. The normalized spacial score (nSPS) is 14.3. The Hall–Kier alpha value is -6.19. The number of phosphoric ester groups is 1. The predicted octanol–water partition coefficient (Wildman–Crippen LogP) is 25.5. The van der Waals surface area contributed by atoms with Gasteiger partial charge in [0.25, 0.3) is 0 Å². The number of esters is 2. The molecular weight excluding hydrogens is 1220 g/mol. The van der Waals surface area contributed by atoms with E-state index in [1.165, 1.54) is 38.5 Å². The molecule has 0 aliphatic rings. The quantitative estimate of drug-likeness (QED) is 0.0264. The molecule has 0 heterocycles. The monoisotopic (exact) mass is 1350 g/mol. The lowest BCUT2D eigenvalue weighted by atomic mass is 10.0. The van der Waals surface area contributed by atoms with E-state index in [0.717, 1.165) is 180 Å². The second kappa shape index (κ2) is 78.8. The number of carbonyl (C=O) groups excluding carboxylic acids is 2. The highest BCUT2D eigenvalue weighted by Crippen LogP contribution is 2.43. The maximum Gasteiger partial charge on any atom is 0.472 e. The molecule has 3 N–H and O–H groups in total. The summed E-state index contributed by atoms with van der Waals surface area (Å²) in [5.74, 6) is -0.879. The molecule has 0 bridgehead atoms. The number of hydrogen-bond acceptors (Lipinski definition) is 8. The summed E-state index contributed by atoms with van der Waals surface area (Å²) in [5, 5.41) is 0. The molecule has 2 unspecified atom stereocenters. The van der Waals surface area contributed by atoms with E-state index >= 15 is 0 Å². The molecule has 0 spiro atoms. The van der Waals surface area contributed by atoms with Crippen LogP contribution in [0.3, 0.4) is 0 Å². The van der Waals surface area contributed by atoms with E-state index in [2.05, 4.69) is 257 Å². The fraction of sp³-hybridized carbons (Fsp3) is 0.517. The third-order valence-corrected chi connectivity index (χ3v) is 15.7. The smallest absolute Gasteiger partial charge is 0.462 e. The molecule has 0 aliphatic carbocycles. The first-order chi connectivity index (χ1) is 47.8. The third kappa shape index (κ3) is 78.7. The fourth-order valence-electron chi connectivity index (χ4n) is 9.28. The summed E-state index contributed by atoms with van der Waals surface area (Å²) >= 11 is 0. The van der Waals surface area contributed by atoms with Gasteiger partial charge in [0.05, 0.1) is 13.2 Å². The van der Waals surface area contributed by atoms with Crippen LogP contribution in [0.5, 0.6) is 0 Å². The average molecular weight is 1350 g/mol. The Bertz CT molecular complexity index is 2500. The van der Waals surface area contributed by atoms with E-state index < -0.39 is 32.5 Å². The van der Waals surface area contributed by atoms with E-state index in [0.29, 0.717) is 12.8 Å². The number of nitrogens with two attached hydrogens (primary N) is 1. The number of unbranched alkanes of at least 4 members (excludes halogenated alkanes) is 14. The molecule has 0 saturated carbocycles. The van der Waals surface area contributed by atoms with E-state index in [-0.39, 0.29) is 32.6 Å². The summed E-state index contributed by atoms with van der Waals surface area (Å²) in [5.41, 5.74) is 5.40. The molecule has 9 nitrogen and oxygen atoms in total. The van der Waals surface area contributed by atoms with Crippen molar-refractivity contribution in [1.29, 1.82) is 0 Å². The first-order valence-corrected chi connectivity index (χ1v) is 39.0. The van der Waals surface area contributed by atoms with Gasteiger partial charge in [0.2, 0.25) is 0 Å². The summed E-state index contributed by atoms with van der Waals surface area (Å²) in [6.45, 7) is 3.45. The van der Waals surface area contributed by atoms with Crippen LogP contribution in [0.15, 0.2) is 243 Å². The minimum Gasteiger partial charge on any atom is -0.462 e. The molecule has 0 aromatic heterocycles. The van der Waals surface area contributed by atoms with Gasteiger partial charge in [0.1, 0.15) is 6.61 Å². The van der Waals surface area contributed by atoms with Gasteiger partial charge < -0.3 is 20.1 Å². The van der Waals surface area contributed by atoms with Crippen molar-refractivity contribution in [1.82, 2.24) is 0 Å². The van der Waals surface area contributed by atoms with Crippen LogP contribution in [0.1, 0.15) is 258 Å². The van der Waals surface area contributed by atoms with Crippen LogP contribution in [-0.4, -0.2) is 49.3 Å². The Morgan fingerprint density at radius 2 is 0.536 bits per heavy atom. The van der Waals surface area contributed by atoms with Gasteiger partial charge in [-0.15, -0.1) is 0 Å². The van der Waals surface area contributed by atoms with Crippen LogP contribution >= 0.6 is 7.82 Å². The van der Waals surface area contributed by atoms with Crippen molar-refractivity contribution in [2.75, 3.05) is 26.4 Å². The molecule has 97 heavy (non-hydrogen) atoms. The van der Waals surface area contributed by atoms with Gasteiger partial charge in [0.15, 0.2) is 6.10 Å². The van der Waals surface area contributed by atoms with Crippen LogP contribution < -0.4 is 5.73 Å². The van der Waals surface area contributed by atoms with Crippen molar-refractivity contribution in [3.63, 3.8) is 0 Å². The zero-order chi connectivity index (χ0) is 70.0. The second-order valence-electron chi connectivity index (χ2n) is 23.7. The van der Waals surface area contributed by atoms with E-state index in [9.17, 15) is 19.0 Å². The van der Waals surface area contributed by atoms with Crippen LogP contribution in [0.4, 0.5) is 0 Å². The van der Waals surface area contributed by atoms with Gasteiger partial charge in [-0.25, -0.2) is 4.57 Å². The Balaban J connectivity index is 4.04. The van der Waals surface area contributed by atoms with Crippen molar-refractivity contribution >= 4 is 19.8 Å². The molecule has 0 saturated heterocycles. The van der Waals surface area contributed by atoms with Gasteiger partial charge >= 0.3 is 19.8 Å². The van der Waals surface area contributed by atoms with Crippen molar-refractivity contribution in [3.8, 4) is 0 Å². The van der Waals surface area contributed by atoms with Gasteiger partial charge in [-0.3, -0.25) is 18.6 Å². The predicted molar refractivity (Wildman–Crippen MR) is 421 cm³/mol. The van der Waals surface area contributed by atoms with E-state index in [1.807, 2.05) is 0 Å². The van der Waals surface area contributed by atoms with Crippen molar-refractivity contribution < 1.29 is 37.6 Å². The maximum atomic E-state index is 12.8. The average Bonchev–Trinajstić information content (AvgIpc) is 2.57. The minimum absolute atomic E-state index is 0.0362. The molecule has 10 heteroatoms. The Morgan fingerprint density at radius 3 is 0.794 bits per heavy atom. The molecule has 0 aromatic rings. The topological polar surface area (TPSA) is 134 Å². The zero-order valence-corrected chi connectivity index (χ0v) is 61.6. The molecule has 0 rings (SSSR count). The molecule has 0 amide bonds. The van der Waals surface area contributed by atoms with Crippen LogP contribution in [0.25, 0.3) is 0 Å². The molecule has 0 aromatic carbocycles. The van der Waals surface area contributed by atoms with Gasteiger partial charge in [-0.2, -0.15) is 0 Å². The Kier molecular flexibility index (Phi) is 73.8. The second-order valence-corrected chi connectivity index (χ2v) is 25.1. The van der Waals surface area contributed by atoms with E-state index in [4.69, 9.17) is 24.3 Å². The number of rotatable bonds is 67. The lowest BCUT2D eigenvalue weighted by Gasteiger charge is -2.19. The largest absolute Gasteiger partial charge is 0.472 e. The number of hydrogen-bond donors (Lipinski definition) is 2. The van der Waals surface area contributed by atoms with Gasteiger partial charge in [-0.1, -0.05) is 321 Å². The highest BCUT2D eigenvalue weighted by atomic mass is 31.2. The van der Waals surface area contributed by atoms with Crippen LogP contribution in [0.2, 0.25) is 0 Å². The highest BCUT2D eigenvalue weighted by molar-refractivity contribution is 7.47. The molecule has 0 radical (unpaired) electrons. The van der Waals surface area contributed by atoms with Crippen molar-refractivity contribution in [2.24, 2.45) is 5.73 Å². The van der Waals surface area contributed by atoms with Crippen LogP contribution in [-0.2, 0) is 32.7 Å². The first-order valence-electron chi connectivity index (χ1n) is 37.5. The number of allylic oxidation sites excluding steroid dienone is 40. The number of carbonyl (C=O) groups is 2. The summed E-state index contributed by atoms with van der Waals surface area (Å²) in [6.07, 6.45) is 125. The standard InChI is InChI=1S/C87H134NO8P/c1-3-5-7-9-11-13-15-17-19-21-23-25-27-29-31-33-35-37-39-40-41-42-43-44-46-48-50-52-54-56-58-60-62-64-66-68-70-72-74-76-78-80-87(90)96-85(84-95-97(91,92)94-82-81-88)83-93-86(89)79-77-75-73-71-69-67-65-63-61-59-57-55-53-51-49-47-45-38-36-34-32-30-28-26-24-22-20-18-16-14-12-10-8-6-4-2/h5-8,11-14,17-20,23-26,29-32,35-38,40-41,43-44,47-50,53-56,59,61,65,67,85H,3-4,9-10,15-16,21-22,27-28,33-34,39,42,45-46,51-52,57-58,60,62-64,66,68-84,88H2,1-2H3,(H,91,92)/b7-5-,8-6-,13-11-,14-12-,19-17-,20-18-,25-23-,26-24-,31-29-,32-30-,37-35-,38-36-,41-40-,44-43-,49-47-,50-48-,55-53-,56-54-,61-59-,67-65-. The molecule has 0 aliphatic heterocycles. The number of phosphoric acid groups is 1. The first kappa shape index (κ1) is 90.8. The number of ether oxygens (including phenoxy) is 2.